The second-order valence-corrected chi connectivity index (χ2v) is 14.9. The van der Waals surface area contributed by atoms with Gasteiger partial charge in [0.2, 0.25) is 0 Å². The van der Waals surface area contributed by atoms with E-state index in [1.165, 1.54) is 20.8 Å². The second kappa shape index (κ2) is 16.4. The summed E-state index contributed by atoms with van der Waals surface area (Å²) in [6, 6.07) is 0. The smallest absolute Gasteiger partial charge is 0.400 e. The van der Waals surface area contributed by atoms with Crippen molar-refractivity contribution in [3.8, 4) is 0 Å². The molecule has 0 fully saturated rings. The van der Waals surface area contributed by atoms with E-state index in [-0.39, 0.29) is 0 Å². The zero-order valence-electron chi connectivity index (χ0n) is 17.1. The number of hydrogen-bond donors (Lipinski definition) is 6. The van der Waals surface area contributed by atoms with Gasteiger partial charge in [-0.2, -0.15) is 0 Å². The molecule has 0 rings (SSSR count). The van der Waals surface area contributed by atoms with Gasteiger partial charge < -0.3 is 55.3 Å². The molecule has 0 saturated heterocycles. The molecule has 0 aromatic rings. The lowest BCUT2D eigenvalue weighted by molar-refractivity contribution is 0.123. The first-order valence-electron chi connectivity index (χ1n) is 7.04. The van der Waals surface area contributed by atoms with Crippen molar-refractivity contribution in [2.24, 2.45) is 0 Å². The van der Waals surface area contributed by atoms with E-state index in [0.29, 0.717) is 0 Å². The van der Waals surface area contributed by atoms with Gasteiger partial charge in [-0.05, 0) is 0 Å². The van der Waals surface area contributed by atoms with Crippen LogP contribution in [0.3, 0.4) is 0 Å². The van der Waals surface area contributed by atoms with Crippen molar-refractivity contribution in [1.29, 1.82) is 0 Å². The van der Waals surface area contributed by atoms with Crippen molar-refractivity contribution >= 4 is 35.2 Å². The van der Waals surface area contributed by atoms with E-state index in [1.807, 2.05) is 6.55 Å². The Balaban J connectivity index is -0.000000142. The van der Waals surface area contributed by atoms with Crippen molar-refractivity contribution in [3.63, 3.8) is 0 Å². The normalized spacial score (nSPS) is 12.0. The van der Waals surface area contributed by atoms with Crippen LogP contribution in [0.5, 0.6) is 0 Å². The third-order valence-corrected chi connectivity index (χ3v) is 8.97. The van der Waals surface area contributed by atoms with Crippen LogP contribution in [0.4, 0.5) is 0 Å². The van der Waals surface area contributed by atoms with Gasteiger partial charge in [0.15, 0.2) is 0 Å². The third kappa shape index (κ3) is 29.2. The molecule has 16 heteroatoms. The predicted octanol–water partition coefficient (Wildman–Crippen LogP) is -1.95. The fourth-order valence-corrected chi connectivity index (χ4v) is 4.91. The van der Waals surface area contributed by atoms with Gasteiger partial charge in [-0.3, -0.25) is 0 Å². The number of hydrogen-bond acceptors (Lipinski definition) is 12. The highest BCUT2D eigenvalue weighted by Crippen LogP contribution is 2.10. The fourth-order valence-electron chi connectivity index (χ4n) is 0.768. The summed E-state index contributed by atoms with van der Waals surface area (Å²) in [5.74, 6) is 0. The maximum Gasteiger partial charge on any atom is 0.496 e. The summed E-state index contributed by atoms with van der Waals surface area (Å²) in [5.41, 5.74) is 0. The minimum absolute atomic E-state index is 0.993. The molecule has 0 radical (unpaired) electrons. The Hall–Kier alpha value is 0.388. The van der Waals surface area contributed by atoms with Gasteiger partial charge in [0.05, 0.1) is 0 Å². The molecule has 0 aliphatic rings. The van der Waals surface area contributed by atoms with E-state index in [2.05, 4.69) is 0 Å². The maximum absolute atomic E-state index is 8.96. The average molecular weight is 461 g/mol. The van der Waals surface area contributed by atoms with E-state index in [4.69, 9.17) is 55.3 Å². The van der Waals surface area contributed by atoms with Crippen molar-refractivity contribution in [2.75, 3.05) is 42.7 Å². The molecule has 0 aliphatic carbocycles. The highest BCUT2D eigenvalue weighted by Gasteiger charge is 2.41. The molecule has 0 unspecified atom stereocenters. The molecule has 0 amide bonds. The molecule has 0 spiro atoms. The molecular formula is C10H36O12Si4. The summed E-state index contributed by atoms with van der Waals surface area (Å²) < 4.78 is 29.4. The van der Waals surface area contributed by atoms with E-state index < -0.39 is 35.2 Å². The Morgan fingerprint density at radius 1 is 0.500 bits per heavy atom. The summed E-state index contributed by atoms with van der Waals surface area (Å²) in [5, 5.41) is 7.00. The molecule has 0 bridgehead atoms. The molecule has 0 heterocycles. The van der Waals surface area contributed by atoms with Crippen LogP contribution in [-0.4, -0.2) is 107 Å². The fraction of sp³-hybridized carbons (Fsp3) is 1.00. The lowest BCUT2D eigenvalue weighted by Gasteiger charge is -2.26. The zero-order chi connectivity index (χ0) is 22.2. The van der Waals surface area contributed by atoms with Gasteiger partial charge >= 0.3 is 35.2 Å². The van der Waals surface area contributed by atoms with Gasteiger partial charge in [0, 0.05) is 68.8 Å². The van der Waals surface area contributed by atoms with E-state index >= 15 is 0 Å². The van der Waals surface area contributed by atoms with Crippen molar-refractivity contribution < 1.29 is 55.3 Å². The van der Waals surface area contributed by atoms with E-state index in [9.17, 15) is 0 Å². The Bertz CT molecular complexity index is 287. The quantitative estimate of drug-likeness (QED) is 0.232. The van der Waals surface area contributed by atoms with Gasteiger partial charge in [0.1, 0.15) is 0 Å². The van der Waals surface area contributed by atoms with Crippen molar-refractivity contribution in [2.45, 2.75) is 26.2 Å². The van der Waals surface area contributed by atoms with Crippen molar-refractivity contribution in [3.05, 3.63) is 0 Å². The monoisotopic (exact) mass is 460 g/mol. The lowest BCUT2D eigenvalue weighted by Crippen LogP contribution is -2.51. The molecule has 12 nitrogen and oxygen atoms in total. The molecule has 6 N–H and O–H groups in total. The van der Waals surface area contributed by atoms with Crippen LogP contribution in [0, 0.1) is 0 Å². The molecule has 0 aromatic carbocycles. The largest absolute Gasteiger partial charge is 0.496 e. The molecule has 0 saturated carbocycles. The van der Waals surface area contributed by atoms with Gasteiger partial charge in [-0.1, -0.05) is 0 Å². The number of aliphatic hydroxyl groups excluding tert-OH is 1. The number of rotatable bonds is 7. The van der Waals surface area contributed by atoms with Crippen LogP contribution in [-0.2, 0) is 26.2 Å². The molecule has 164 valence electrons. The minimum atomic E-state index is -3.61. The summed E-state index contributed by atoms with van der Waals surface area (Å²) in [7, 11) is -3.50. The second-order valence-electron chi connectivity index (χ2n) is 4.75. The summed E-state index contributed by atoms with van der Waals surface area (Å²) >= 11 is 0. The number of aliphatic hydroxyl groups is 1. The highest BCUT2D eigenvalue weighted by molar-refractivity contribution is 6.72. The first-order chi connectivity index (χ1) is 11.5. The van der Waals surface area contributed by atoms with Crippen molar-refractivity contribution in [1.82, 2.24) is 0 Å². The molecule has 0 aromatic heterocycles. The van der Waals surface area contributed by atoms with Crippen LogP contribution in [0.15, 0.2) is 0 Å². The summed E-state index contributed by atoms with van der Waals surface area (Å²) in [4.78, 5) is 41.2. The SMILES string of the molecule is CO.CO[Si](C)(OC)OC.CO[Si](C)(OC)O[Si](C)(O)O.C[Si](O)(O)O. The molecular weight excluding hydrogens is 424 g/mol. The van der Waals surface area contributed by atoms with E-state index in [1.54, 1.807) is 27.9 Å². The Labute approximate surface area is 159 Å². The molecule has 0 aliphatic heterocycles. The van der Waals surface area contributed by atoms with Crippen LogP contribution >= 0.6 is 0 Å². The van der Waals surface area contributed by atoms with E-state index in [0.717, 1.165) is 13.7 Å². The minimum Gasteiger partial charge on any atom is -0.400 e. The lowest BCUT2D eigenvalue weighted by atomic mass is 11.8. The first kappa shape index (κ1) is 33.9. The van der Waals surface area contributed by atoms with Crippen LogP contribution in [0.2, 0.25) is 26.2 Å². The Kier molecular flexibility index (Phi) is 21.3. The first-order valence-corrected chi connectivity index (χ1v) is 16.1. The average Bonchev–Trinajstić information content (AvgIpc) is 2.53. The summed E-state index contributed by atoms with van der Waals surface area (Å²) in [6.07, 6.45) is 0. The zero-order valence-corrected chi connectivity index (χ0v) is 21.1. The Morgan fingerprint density at radius 3 is 0.731 bits per heavy atom. The van der Waals surface area contributed by atoms with Gasteiger partial charge in [0.25, 0.3) is 0 Å². The Morgan fingerprint density at radius 2 is 0.692 bits per heavy atom. The van der Waals surface area contributed by atoms with Crippen LogP contribution in [0.1, 0.15) is 0 Å². The predicted molar refractivity (Wildman–Crippen MR) is 102 cm³/mol. The van der Waals surface area contributed by atoms with Crippen LogP contribution < -0.4 is 0 Å². The van der Waals surface area contributed by atoms with Crippen LogP contribution in [0.25, 0.3) is 0 Å². The van der Waals surface area contributed by atoms with Gasteiger partial charge in [-0.15, -0.1) is 0 Å². The maximum atomic E-state index is 8.96. The topological polar surface area (TPSA) is 177 Å². The standard InChI is InChI=1S/C4H14O5Si2.C4H12O3Si.CH6O3Si.CH4O/c1-7-11(4,8-2)9-10(3,5)6;1-5-8(4,6-2)7-3;1-5(2,3)4;1-2/h5-6H,1-4H3;1-4H3;2-4H,1H3;2H,1H3. The summed E-state index contributed by atoms with van der Waals surface area (Å²) in [6.45, 7) is 5.64. The molecule has 0 atom stereocenters. The highest BCUT2D eigenvalue weighted by atomic mass is 28.5. The third-order valence-electron chi connectivity index (χ3n) is 2.23. The molecule has 26 heavy (non-hydrogen) atoms. The van der Waals surface area contributed by atoms with Gasteiger partial charge in [-0.25, -0.2) is 0 Å².